The van der Waals surface area contributed by atoms with Crippen molar-refractivity contribution in [1.82, 2.24) is 0 Å². The molecule has 2 aromatic rings. The van der Waals surface area contributed by atoms with Crippen molar-refractivity contribution in [3.63, 3.8) is 0 Å². The van der Waals surface area contributed by atoms with Gasteiger partial charge in [0.15, 0.2) is 6.10 Å². The molecule has 0 saturated heterocycles. The monoisotopic (exact) mass is 285 g/mol. The summed E-state index contributed by atoms with van der Waals surface area (Å²) in [6, 6.07) is 17.2. The molecule has 2 aromatic carbocycles. The van der Waals surface area contributed by atoms with Crippen molar-refractivity contribution < 1.29 is 4.74 Å². The number of hydrogen-bond acceptors (Lipinski definition) is 3. The zero-order chi connectivity index (χ0) is 13.9. The fourth-order valence-corrected chi connectivity index (χ4v) is 2.68. The highest BCUT2D eigenvalue weighted by Gasteiger charge is 2.28. The number of benzene rings is 2. The molecule has 0 aliphatic carbocycles. The third kappa shape index (κ3) is 2.21. The predicted octanol–water partition coefficient (Wildman–Crippen LogP) is 4.54. The molecule has 1 aliphatic rings. The van der Waals surface area contributed by atoms with Gasteiger partial charge in [0.05, 0.1) is 5.03 Å². The van der Waals surface area contributed by atoms with E-state index in [-0.39, 0.29) is 12.6 Å². The summed E-state index contributed by atoms with van der Waals surface area (Å²) in [7, 11) is 0. The van der Waals surface area contributed by atoms with Crippen LogP contribution in [0.4, 0.5) is 0 Å². The molecule has 0 amide bonds. The van der Waals surface area contributed by atoms with Crippen molar-refractivity contribution in [2.24, 2.45) is 5.18 Å². The Morgan fingerprint density at radius 2 is 1.75 bits per heavy atom. The Morgan fingerprint density at radius 1 is 1.05 bits per heavy atom. The van der Waals surface area contributed by atoms with Crippen LogP contribution in [0.15, 0.2) is 64.8 Å². The van der Waals surface area contributed by atoms with Crippen molar-refractivity contribution in [3.8, 4) is 5.75 Å². The number of nitroso groups, excluding NO2 is 1. The van der Waals surface area contributed by atoms with Gasteiger partial charge in [-0.15, -0.1) is 0 Å². The Morgan fingerprint density at radius 3 is 2.50 bits per heavy atom. The van der Waals surface area contributed by atoms with Crippen molar-refractivity contribution in [2.75, 3.05) is 6.54 Å². The molecule has 1 aliphatic heterocycles. The highest BCUT2D eigenvalue weighted by Crippen LogP contribution is 2.43. The Balaban J connectivity index is 2.12. The lowest BCUT2D eigenvalue weighted by molar-refractivity contribution is 0.245. The Labute approximate surface area is 121 Å². The maximum Gasteiger partial charge on any atom is 0.160 e. The molecule has 1 heterocycles. The van der Waals surface area contributed by atoms with Gasteiger partial charge in [0.2, 0.25) is 0 Å². The molecule has 1 unspecified atom stereocenters. The van der Waals surface area contributed by atoms with Crippen LogP contribution in [-0.4, -0.2) is 6.54 Å². The van der Waals surface area contributed by atoms with Crippen LogP contribution in [0.1, 0.15) is 17.2 Å². The average molecular weight is 286 g/mol. The molecule has 0 radical (unpaired) electrons. The second kappa shape index (κ2) is 5.47. The summed E-state index contributed by atoms with van der Waals surface area (Å²) >= 11 is 6.45. The molecule has 100 valence electrons. The lowest BCUT2D eigenvalue weighted by Crippen LogP contribution is -2.16. The third-order valence-electron chi connectivity index (χ3n) is 3.30. The smallest absolute Gasteiger partial charge is 0.160 e. The zero-order valence-corrected chi connectivity index (χ0v) is 11.4. The first kappa shape index (κ1) is 12.9. The van der Waals surface area contributed by atoms with Gasteiger partial charge in [-0.1, -0.05) is 65.3 Å². The number of hydrogen-bond donors (Lipinski definition) is 0. The molecular weight excluding hydrogens is 274 g/mol. The summed E-state index contributed by atoms with van der Waals surface area (Å²) in [5.41, 5.74) is 2.53. The van der Waals surface area contributed by atoms with Crippen molar-refractivity contribution in [2.45, 2.75) is 6.10 Å². The van der Waals surface area contributed by atoms with Crippen LogP contribution in [0.25, 0.3) is 5.57 Å². The standard InChI is InChI=1S/C16H12ClNO2/c17-15-13(10-18-19)12-8-4-5-9-14(12)20-16(15)11-6-2-1-3-7-11/h1-9,16H,10H2. The minimum Gasteiger partial charge on any atom is -0.479 e. The van der Waals surface area contributed by atoms with Crippen LogP contribution in [0.5, 0.6) is 5.75 Å². The molecule has 0 fully saturated rings. The van der Waals surface area contributed by atoms with E-state index < -0.39 is 0 Å². The van der Waals surface area contributed by atoms with Gasteiger partial charge < -0.3 is 4.74 Å². The van der Waals surface area contributed by atoms with E-state index in [4.69, 9.17) is 16.3 Å². The maximum absolute atomic E-state index is 10.7. The van der Waals surface area contributed by atoms with Crippen LogP contribution >= 0.6 is 11.6 Å². The second-order valence-corrected chi connectivity index (χ2v) is 4.93. The minimum atomic E-state index is -0.385. The number of rotatable bonds is 3. The molecular formula is C16H12ClNO2. The number of halogens is 1. The average Bonchev–Trinajstić information content (AvgIpc) is 2.51. The first-order chi connectivity index (χ1) is 9.81. The van der Waals surface area contributed by atoms with Gasteiger partial charge in [0, 0.05) is 11.1 Å². The van der Waals surface area contributed by atoms with Crippen LogP contribution in [0.2, 0.25) is 0 Å². The molecule has 4 heteroatoms. The van der Waals surface area contributed by atoms with E-state index in [0.29, 0.717) is 5.03 Å². The largest absolute Gasteiger partial charge is 0.479 e. The van der Waals surface area contributed by atoms with Gasteiger partial charge in [-0.2, -0.15) is 4.91 Å². The summed E-state index contributed by atoms with van der Waals surface area (Å²) in [5.74, 6) is 0.726. The molecule has 3 rings (SSSR count). The normalized spacial score (nSPS) is 17.4. The van der Waals surface area contributed by atoms with Crippen molar-refractivity contribution in [3.05, 3.63) is 75.7 Å². The second-order valence-electron chi connectivity index (χ2n) is 4.52. The number of ether oxygens (including phenoxy) is 1. The summed E-state index contributed by atoms with van der Waals surface area (Å²) in [6.45, 7) is 0.0442. The fraction of sp³-hybridized carbons (Fsp3) is 0.125. The Bertz CT molecular complexity index is 667. The van der Waals surface area contributed by atoms with Crippen LogP contribution in [0.3, 0.4) is 0 Å². The molecule has 1 atom stereocenters. The van der Waals surface area contributed by atoms with E-state index in [1.807, 2.05) is 54.6 Å². The van der Waals surface area contributed by atoms with E-state index in [9.17, 15) is 4.91 Å². The van der Waals surface area contributed by atoms with Gasteiger partial charge in [0.1, 0.15) is 12.3 Å². The first-order valence-electron chi connectivity index (χ1n) is 6.30. The molecule has 0 bridgehead atoms. The van der Waals surface area contributed by atoms with Crippen LogP contribution in [0, 0.1) is 4.91 Å². The van der Waals surface area contributed by atoms with Gasteiger partial charge in [0.25, 0.3) is 0 Å². The molecule has 0 saturated carbocycles. The number of fused-ring (bicyclic) bond motifs is 1. The molecule has 0 aromatic heterocycles. The summed E-state index contributed by atoms with van der Waals surface area (Å²) in [4.78, 5) is 10.7. The van der Waals surface area contributed by atoms with E-state index in [1.54, 1.807) is 0 Å². The molecule has 0 N–H and O–H groups in total. The summed E-state index contributed by atoms with van der Waals surface area (Å²) < 4.78 is 5.97. The lowest BCUT2D eigenvalue weighted by Gasteiger charge is -2.28. The summed E-state index contributed by atoms with van der Waals surface area (Å²) in [6.07, 6.45) is -0.385. The van der Waals surface area contributed by atoms with Gasteiger partial charge in [-0.25, -0.2) is 0 Å². The van der Waals surface area contributed by atoms with Crippen molar-refractivity contribution >= 4 is 17.2 Å². The van der Waals surface area contributed by atoms with E-state index in [2.05, 4.69) is 5.18 Å². The van der Waals surface area contributed by atoms with Gasteiger partial charge in [-0.05, 0) is 11.6 Å². The topological polar surface area (TPSA) is 38.7 Å². The van der Waals surface area contributed by atoms with Gasteiger partial charge >= 0.3 is 0 Å². The fourth-order valence-electron chi connectivity index (χ4n) is 2.35. The third-order valence-corrected chi connectivity index (χ3v) is 3.73. The van der Waals surface area contributed by atoms with Gasteiger partial charge in [-0.3, -0.25) is 0 Å². The quantitative estimate of drug-likeness (QED) is 0.777. The molecule has 20 heavy (non-hydrogen) atoms. The minimum absolute atomic E-state index is 0.0442. The number of para-hydroxylation sites is 1. The highest BCUT2D eigenvalue weighted by molar-refractivity contribution is 6.33. The Kier molecular flexibility index (Phi) is 3.52. The predicted molar refractivity (Wildman–Crippen MR) is 79.7 cm³/mol. The summed E-state index contributed by atoms with van der Waals surface area (Å²) in [5, 5.41) is 3.51. The van der Waals surface area contributed by atoms with E-state index >= 15 is 0 Å². The van der Waals surface area contributed by atoms with E-state index in [0.717, 1.165) is 22.4 Å². The molecule has 0 spiro atoms. The first-order valence-corrected chi connectivity index (χ1v) is 6.67. The van der Waals surface area contributed by atoms with Crippen LogP contribution in [-0.2, 0) is 0 Å². The number of nitrogens with zero attached hydrogens (tertiary/aromatic N) is 1. The SMILES string of the molecule is O=NCC1=C(Cl)C(c2ccccc2)Oc2ccccc21. The maximum atomic E-state index is 10.7. The molecule has 3 nitrogen and oxygen atoms in total. The van der Waals surface area contributed by atoms with Crippen LogP contribution < -0.4 is 4.74 Å². The Hall–Kier alpha value is -2.13. The van der Waals surface area contributed by atoms with E-state index in [1.165, 1.54) is 0 Å². The zero-order valence-electron chi connectivity index (χ0n) is 10.6. The highest BCUT2D eigenvalue weighted by atomic mass is 35.5. The lowest BCUT2D eigenvalue weighted by atomic mass is 9.97. The van der Waals surface area contributed by atoms with Crippen molar-refractivity contribution in [1.29, 1.82) is 0 Å².